The van der Waals surface area contributed by atoms with E-state index in [4.69, 9.17) is 24.4 Å². The number of hydrazine groups is 2. The summed E-state index contributed by atoms with van der Waals surface area (Å²) >= 11 is 10.5. The largest absolute Gasteiger partial charge is 0.376 e. The van der Waals surface area contributed by atoms with Gasteiger partial charge in [-0.1, -0.05) is 36.4 Å². The van der Waals surface area contributed by atoms with E-state index in [9.17, 15) is 9.90 Å². The molecule has 1 amide bonds. The first-order valence-corrected chi connectivity index (χ1v) is 9.60. The van der Waals surface area contributed by atoms with Gasteiger partial charge in [-0.3, -0.25) is 20.2 Å². The van der Waals surface area contributed by atoms with Gasteiger partial charge in [-0.05, 0) is 48.7 Å². The van der Waals surface area contributed by atoms with Crippen molar-refractivity contribution in [2.45, 2.75) is 12.6 Å². The summed E-state index contributed by atoms with van der Waals surface area (Å²) in [7, 11) is 3.26. The Morgan fingerprint density at radius 2 is 1.34 bits per heavy atom. The van der Waals surface area contributed by atoms with Crippen molar-refractivity contribution in [3.63, 3.8) is 0 Å². The molecule has 0 saturated carbocycles. The number of benzene rings is 2. The summed E-state index contributed by atoms with van der Waals surface area (Å²) in [6, 6.07) is 18.8. The predicted octanol–water partition coefficient (Wildman–Crippen LogP) is 1.89. The van der Waals surface area contributed by atoms with Crippen LogP contribution in [0.1, 0.15) is 6.42 Å². The number of amides is 1. The fourth-order valence-electron chi connectivity index (χ4n) is 2.24. The third-order valence-electron chi connectivity index (χ3n) is 3.67. The summed E-state index contributed by atoms with van der Waals surface area (Å²) in [5.41, 5.74) is 6.95. The molecule has 2 aromatic carbocycles. The normalized spacial score (nSPS) is 11.1. The van der Waals surface area contributed by atoms with Gasteiger partial charge in [0.1, 0.15) is 6.23 Å². The maximum Gasteiger partial charge on any atom is 0.242 e. The van der Waals surface area contributed by atoms with Gasteiger partial charge in [0.05, 0.1) is 6.42 Å². The first kappa shape index (κ1) is 22.5. The molecule has 1 unspecified atom stereocenters. The Balaban J connectivity index is 1.74. The van der Waals surface area contributed by atoms with Crippen LogP contribution in [0, 0.1) is 0 Å². The van der Waals surface area contributed by atoms with Crippen molar-refractivity contribution in [3.8, 4) is 0 Å². The van der Waals surface area contributed by atoms with Gasteiger partial charge in [-0.2, -0.15) is 0 Å². The molecule has 2 rings (SSSR count). The van der Waals surface area contributed by atoms with Gasteiger partial charge < -0.3 is 15.7 Å². The Bertz CT molecular complexity index is 822. The summed E-state index contributed by atoms with van der Waals surface area (Å²) in [4.78, 5) is 12.2. The van der Waals surface area contributed by atoms with E-state index in [1.165, 1.54) is 10.0 Å². The molecule has 29 heavy (non-hydrogen) atoms. The lowest BCUT2D eigenvalue weighted by molar-refractivity contribution is -0.126. The van der Waals surface area contributed by atoms with Gasteiger partial charge in [-0.25, -0.2) is 5.43 Å². The van der Waals surface area contributed by atoms with E-state index < -0.39 is 12.1 Å². The van der Waals surface area contributed by atoms with E-state index in [1.807, 2.05) is 60.7 Å². The maximum absolute atomic E-state index is 12.2. The molecule has 0 aliphatic carbocycles. The monoisotopic (exact) mass is 432 g/mol. The number of para-hydroxylation sites is 2. The highest BCUT2D eigenvalue weighted by molar-refractivity contribution is 7.80. The molecule has 0 fully saturated rings. The standard InChI is InChI=1S/C19H24N6O2S2/c1-24(18(28)20-14-9-5-3-6-10-14)22-16(26)13-17(27)23-25(2)19(29)21-15-11-7-4-8-12-15/h3-12,16,22,26H,13H2,1-2H3,(H,20,28)(H,21,29)(H,23,27). The minimum Gasteiger partial charge on any atom is -0.376 e. The maximum atomic E-state index is 12.2. The second-order valence-electron chi connectivity index (χ2n) is 6.09. The molecule has 0 heterocycles. The molecule has 10 heteroatoms. The number of nitrogens with one attached hydrogen (secondary N) is 4. The van der Waals surface area contributed by atoms with Crippen LogP contribution in [-0.4, -0.2) is 51.6 Å². The van der Waals surface area contributed by atoms with Gasteiger partial charge in [0, 0.05) is 25.5 Å². The van der Waals surface area contributed by atoms with Crippen molar-refractivity contribution in [1.29, 1.82) is 0 Å². The van der Waals surface area contributed by atoms with Crippen molar-refractivity contribution in [2.75, 3.05) is 24.7 Å². The molecule has 0 saturated heterocycles. The van der Waals surface area contributed by atoms with Crippen LogP contribution >= 0.6 is 24.4 Å². The quantitative estimate of drug-likeness (QED) is 0.267. The van der Waals surface area contributed by atoms with Crippen LogP contribution in [0.4, 0.5) is 11.4 Å². The van der Waals surface area contributed by atoms with Crippen LogP contribution in [0.5, 0.6) is 0 Å². The molecule has 1 atom stereocenters. The van der Waals surface area contributed by atoms with E-state index in [0.29, 0.717) is 10.2 Å². The second-order valence-corrected chi connectivity index (χ2v) is 6.87. The van der Waals surface area contributed by atoms with Crippen LogP contribution in [-0.2, 0) is 4.79 Å². The summed E-state index contributed by atoms with van der Waals surface area (Å²) < 4.78 is 0. The molecule has 154 valence electrons. The Hall–Kier alpha value is -2.79. The topological polar surface area (TPSA) is 91.9 Å². The molecule has 8 nitrogen and oxygen atoms in total. The SMILES string of the molecule is CN(NC(=O)CC(O)NN(C)C(=S)Nc1ccccc1)C(=S)Nc1ccccc1. The number of carbonyl (C=O) groups is 1. The van der Waals surface area contributed by atoms with Crippen LogP contribution in [0.2, 0.25) is 0 Å². The number of thiocarbonyl (C=S) groups is 2. The van der Waals surface area contributed by atoms with Crippen molar-refractivity contribution in [3.05, 3.63) is 60.7 Å². The van der Waals surface area contributed by atoms with Gasteiger partial charge in [0.25, 0.3) is 0 Å². The van der Waals surface area contributed by atoms with Crippen LogP contribution in [0.15, 0.2) is 60.7 Å². The number of aliphatic hydroxyl groups excluding tert-OH is 1. The number of rotatable bonds is 6. The van der Waals surface area contributed by atoms with E-state index in [0.717, 1.165) is 11.4 Å². The minimum atomic E-state index is -1.14. The molecular formula is C19H24N6O2S2. The fraction of sp³-hybridized carbons (Fsp3) is 0.211. The summed E-state index contributed by atoms with van der Waals surface area (Å²) in [5.74, 6) is -0.417. The van der Waals surface area contributed by atoms with Crippen molar-refractivity contribution in [1.82, 2.24) is 20.9 Å². The predicted molar refractivity (Wildman–Crippen MR) is 123 cm³/mol. The zero-order valence-corrected chi connectivity index (χ0v) is 17.8. The van der Waals surface area contributed by atoms with Crippen LogP contribution in [0.25, 0.3) is 0 Å². The molecule has 0 aromatic heterocycles. The lowest BCUT2D eigenvalue weighted by Crippen LogP contribution is -2.51. The zero-order chi connectivity index (χ0) is 21.2. The molecule has 0 bridgehead atoms. The Morgan fingerprint density at radius 1 is 0.897 bits per heavy atom. The van der Waals surface area contributed by atoms with E-state index in [1.54, 1.807) is 14.1 Å². The summed E-state index contributed by atoms with van der Waals surface area (Å²) in [6.45, 7) is 0. The highest BCUT2D eigenvalue weighted by Crippen LogP contribution is 2.07. The molecule has 5 N–H and O–H groups in total. The third kappa shape index (κ3) is 8.00. The van der Waals surface area contributed by atoms with Gasteiger partial charge >= 0.3 is 0 Å². The van der Waals surface area contributed by atoms with E-state index >= 15 is 0 Å². The summed E-state index contributed by atoms with van der Waals surface area (Å²) in [6.07, 6.45) is -1.34. The Kier molecular flexibility index (Phi) is 8.74. The zero-order valence-electron chi connectivity index (χ0n) is 16.1. The van der Waals surface area contributed by atoms with Crippen molar-refractivity contribution >= 4 is 51.9 Å². The smallest absolute Gasteiger partial charge is 0.242 e. The lowest BCUT2D eigenvalue weighted by atomic mass is 10.3. The van der Waals surface area contributed by atoms with Crippen LogP contribution in [0.3, 0.4) is 0 Å². The first-order valence-electron chi connectivity index (χ1n) is 8.78. The van der Waals surface area contributed by atoms with Gasteiger partial charge in [0.15, 0.2) is 10.2 Å². The van der Waals surface area contributed by atoms with E-state index in [-0.39, 0.29) is 6.42 Å². The van der Waals surface area contributed by atoms with Crippen LogP contribution < -0.4 is 21.5 Å². The fourth-order valence-corrected chi connectivity index (χ4v) is 2.58. The average molecular weight is 433 g/mol. The van der Waals surface area contributed by atoms with Gasteiger partial charge in [0.2, 0.25) is 5.91 Å². The molecule has 0 aliphatic rings. The number of hydrogen-bond acceptors (Lipinski definition) is 5. The molecule has 0 spiro atoms. The second kappa shape index (κ2) is 11.3. The lowest BCUT2D eigenvalue weighted by Gasteiger charge is -2.26. The number of nitrogens with zero attached hydrogens (tertiary/aromatic N) is 2. The Labute approximate surface area is 180 Å². The molecular weight excluding hydrogens is 408 g/mol. The molecule has 0 radical (unpaired) electrons. The van der Waals surface area contributed by atoms with Gasteiger partial charge in [-0.15, -0.1) is 0 Å². The van der Waals surface area contributed by atoms with E-state index in [2.05, 4.69) is 21.5 Å². The highest BCUT2D eigenvalue weighted by Gasteiger charge is 2.16. The summed E-state index contributed by atoms with van der Waals surface area (Å²) in [5, 5.41) is 19.6. The van der Waals surface area contributed by atoms with Crippen molar-refractivity contribution < 1.29 is 9.90 Å². The minimum absolute atomic E-state index is 0.198. The molecule has 0 aliphatic heterocycles. The number of hydrogen-bond donors (Lipinski definition) is 5. The Morgan fingerprint density at radius 3 is 1.83 bits per heavy atom. The average Bonchev–Trinajstić information content (AvgIpc) is 2.69. The van der Waals surface area contributed by atoms with Crippen molar-refractivity contribution in [2.24, 2.45) is 0 Å². The third-order valence-corrected chi connectivity index (χ3v) is 4.43. The molecule has 2 aromatic rings. The highest BCUT2D eigenvalue weighted by atomic mass is 32.1. The number of carbonyl (C=O) groups excluding carboxylic acids is 1. The number of anilines is 2. The first-order chi connectivity index (χ1) is 13.8. The number of aliphatic hydroxyl groups is 1.